The summed E-state index contributed by atoms with van der Waals surface area (Å²) in [6.45, 7) is 6.25. The molecule has 88 valence electrons. The van der Waals surface area contributed by atoms with Crippen LogP contribution < -0.4 is 5.32 Å². The lowest BCUT2D eigenvalue weighted by Crippen LogP contribution is -2.17. The number of hydrogen-bond donors (Lipinski definition) is 1. The van der Waals surface area contributed by atoms with Gasteiger partial charge in [0.15, 0.2) is 10.1 Å². The van der Waals surface area contributed by atoms with Gasteiger partial charge in [0, 0.05) is 18.1 Å². The minimum atomic E-state index is 0.615. The summed E-state index contributed by atoms with van der Waals surface area (Å²) in [5.74, 6) is 0.731. The van der Waals surface area contributed by atoms with Crippen molar-refractivity contribution in [2.24, 2.45) is 5.92 Å². The average Bonchev–Trinajstić information content (AvgIpc) is 2.74. The second-order valence-electron chi connectivity index (χ2n) is 4.26. The monoisotopic (exact) mass is 257 g/mol. The maximum absolute atomic E-state index is 6.09. The van der Waals surface area contributed by atoms with Gasteiger partial charge in [-0.2, -0.15) is 0 Å². The molecule has 0 radical (unpaired) electrons. The lowest BCUT2D eigenvalue weighted by atomic mass is 10.1. The SMILES string of the molecule is CC(C)CCNCc1c(Cl)nc2sccn12. The highest BCUT2D eigenvalue weighted by molar-refractivity contribution is 7.15. The van der Waals surface area contributed by atoms with Crippen molar-refractivity contribution in [3.63, 3.8) is 0 Å². The third kappa shape index (κ3) is 2.56. The topological polar surface area (TPSA) is 29.3 Å². The highest BCUT2D eigenvalue weighted by Gasteiger charge is 2.10. The van der Waals surface area contributed by atoms with Crippen LogP contribution in [0.3, 0.4) is 0 Å². The molecule has 1 N–H and O–H groups in total. The molecule has 2 aromatic rings. The van der Waals surface area contributed by atoms with E-state index in [0.29, 0.717) is 5.15 Å². The van der Waals surface area contributed by atoms with Crippen molar-refractivity contribution in [1.82, 2.24) is 14.7 Å². The first kappa shape index (κ1) is 11.9. The van der Waals surface area contributed by atoms with Gasteiger partial charge in [-0.05, 0) is 18.9 Å². The van der Waals surface area contributed by atoms with Gasteiger partial charge in [0.25, 0.3) is 0 Å². The van der Waals surface area contributed by atoms with Crippen molar-refractivity contribution in [3.05, 3.63) is 22.4 Å². The molecular weight excluding hydrogens is 242 g/mol. The number of nitrogens with one attached hydrogen (secondary N) is 1. The maximum atomic E-state index is 6.09. The fourth-order valence-electron chi connectivity index (χ4n) is 1.56. The summed E-state index contributed by atoms with van der Waals surface area (Å²) in [7, 11) is 0. The highest BCUT2D eigenvalue weighted by atomic mass is 35.5. The van der Waals surface area contributed by atoms with Crippen molar-refractivity contribution in [1.29, 1.82) is 0 Å². The van der Waals surface area contributed by atoms with Gasteiger partial charge in [-0.25, -0.2) is 4.98 Å². The zero-order valence-corrected chi connectivity index (χ0v) is 11.1. The van der Waals surface area contributed by atoms with Crippen LogP contribution in [0.1, 0.15) is 26.0 Å². The van der Waals surface area contributed by atoms with Crippen LogP contribution in [0.25, 0.3) is 4.96 Å². The number of halogens is 1. The summed E-state index contributed by atoms with van der Waals surface area (Å²) in [4.78, 5) is 5.26. The normalized spacial score (nSPS) is 11.8. The van der Waals surface area contributed by atoms with E-state index in [1.54, 1.807) is 11.3 Å². The Morgan fingerprint density at radius 2 is 2.38 bits per heavy atom. The Balaban J connectivity index is 1.98. The van der Waals surface area contributed by atoms with Crippen molar-refractivity contribution in [2.75, 3.05) is 6.54 Å². The summed E-state index contributed by atoms with van der Waals surface area (Å²) in [5, 5.41) is 6.04. The summed E-state index contributed by atoms with van der Waals surface area (Å²) < 4.78 is 2.05. The van der Waals surface area contributed by atoms with Crippen molar-refractivity contribution in [3.8, 4) is 0 Å². The lowest BCUT2D eigenvalue weighted by molar-refractivity contribution is 0.534. The van der Waals surface area contributed by atoms with E-state index in [4.69, 9.17) is 11.6 Å². The van der Waals surface area contributed by atoms with Gasteiger partial charge in [0.2, 0.25) is 0 Å². The van der Waals surface area contributed by atoms with E-state index in [0.717, 1.165) is 29.7 Å². The van der Waals surface area contributed by atoms with E-state index >= 15 is 0 Å². The summed E-state index contributed by atoms with van der Waals surface area (Å²) in [5.41, 5.74) is 1.06. The number of fused-ring (bicyclic) bond motifs is 1. The lowest BCUT2D eigenvalue weighted by Gasteiger charge is -2.06. The van der Waals surface area contributed by atoms with Crippen LogP contribution in [-0.4, -0.2) is 15.9 Å². The molecule has 0 aliphatic heterocycles. The van der Waals surface area contributed by atoms with Crippen LogP contribution >= 0.6 is 22.9 Å². The van der Waals surface area contributed by atoms with Gasteiger partial charge in [0.1, 0.15) is 0 Å². The molecule has 0 bridgehead atoms. The predicted molar refractivity (Wildman–Crippen MR) is 69.2 cm³/mol. The number of nitrogens with zero attached hydrogens (tertiary/aromatic N) is 2. The first-order valence-corrected chi connectivity index (χ1v) is 6.75. The minimum Gasteiger partial charge on any atom is -0.311 e. The Kier molecular flexibility index (Phi) is 3.84. The van der Waals surface area contributed by atoms with Gasteiger partial charge in [-0.3, -0.25) is 4.40 Å². The van der Waals surface area contributed by atoms with Gasteiger partial charge in [-0.15, -0.1) is 11.3 Å². The molecule has 0 atom stereocenters. The molecule has 0 unspecified atom stereocenters. The van der Waals surface area contributed by atoms with E-state index in [-0.39, 0.29) is 0 Å². The van der Waals surface area contributed by atoms with Crippen molar-refractivity contribution in [2.45, 2.75) is 26.8 Å². The van der Waals surface area contributed by atoms with Gasteiger partial charge in [-0.1, -0.05) is 25.4 Å². The van der Waals surface area contributed by atoms with Crippen LogP contribution in [0.5, 0.6) is 0 Å². The molecule has 3 nitrogen and oxygen atoms in total. The minimum absolute atomic E-state index is 0.615. The molecule has 2 rings (SSSR count). The number of hydrogen-bond acceptors (Lipinski definition) is 3. The standard InChI is InChI=1S/C11H16ClN3S/c1-8(2)3-4-13-7-9-10(12)14-11-15(9)5-6-16-11/h5-6,8,13H,3-4,7H2,1-2H3. The fraction of sp³-hybridized carbons (Fsp3) is 0.545. The number of rotatable bonds is 5. The Bertz CT molecular complexity index is 461. The van der Waals surface area contributed by atoms with E-state index in [1.807, 2.05) is 11.6 Å². The van der Waals surface area contributed by atoms with Crippen LogP contribution in [0.4, 0.5) is 0 Å². The number of imidazole rings is 1. The summed E-state index contributed by atoms with van der Waals surface area (Å²) in [6.07, 6.45) is 3.20. The molecule has 0 spiro atoms. The molecule has 0 amide bonds. The summed E-state index contributed by atoms with van der Waals surface area (Å²) in [6, 6.07) is 0. The van der Waals surface area contributed by atoms with E-state index in [2.05, 4.69) is 28.5 Å². The molecule has 5 heteroatoms. The second kappa shape index (κ2) is 5.17. The highest BCUT2D eigenvalue weighted by Crippen LogP contribution is 2.20. The quantitative estimate of drug-likeness (QED) is 0.834. The molecule has 0 aliphatic carbocycles. The first-order chi connectivity index (χ1) is 7.68. The molecule has 0 aliphatic rings. The zero-order valence-electron chi connectivity index (χ0n) is 9.53. The van der Waals surface area contributed by atoms with E-state index < -0.39 is 0 Å². The molecule has 2 aromatic heterocycles. The fourth-order valence-corrected chi connectivity index (χ4v) is 2.58. The molecule has 0 saturated carbocycles. The van der Waals surface area contributed by atoms with Gasteiger partial charge >= 0.3 is 0 Å². The molecule has 0 aromatic carbocycles. The van der Waals surface area contributed by atoms with Gasteiger partial charge in [0.05, 0.1) is 5.69 Å². The molecule has 0 fully saturated rings. The Morgan fingerprint density at radius 1 is 1.56 bits per heavy atom. The summed E-state index contributed by atoms with van der Waals surface area (Å²) >= 11 is 7.69. The number of thiazole rings is 1. The van der Waals surface area contributed by atoms with Crippen molar-refractivity contribution < 1.29 is 0 Å². The largest absolute Gasteiger partial charge is 0.311 e. The van der Waals surface area contributed by atoms with E-state index in [9.17, 15) is 0 Å². The molecule has 2 heterocycles. The van der Waals surface area contributed by atoms with Crippen LogP contribution in [-0.2, 0) is 6.54 Å². The Labute approximate surface area is 104 Å². The van der Waals surface area contributed by atoms with Crippen molar-refractivity contribution >= 4 is 27.9 Å². The van der Waals surface area contributed by atoms with Crippen LogP contribution in [0, 0.1) is 5.92 Å². The zero-order chi connectivity index (χ0) is 11.5. The average molecular weight is 258 g/mol. The molecule has 16 heavy (non-hydrogen) atoms. The third-order valence-electron chi connectivity index (χ3n) is 2.50. The number of aromatic nitrogens is 2. The third-order valence-corrected chi connectivity index (χ3v) is 3.56. The molecule has 0 saturated heterocycles. The van der Waals surface area contributed by atoms with Crippen LogP contribution in [0.2, 0.25) is 5.15 Å². The maximum Gasteiger partial charge on any atom is 0.195 e. The Hall–Kier alpha value is -0.580. The Morgan fingerprint density at radius 3 is 3.12 bits per heavy atom. The van der Waals surface area contributed by atoms with E-state index in [1.165, 1.54) is 6.42 Å². The van der Waals surface area contributed by atoms with Crippen LogP contribution in [0.15, 0.2) is 11.6 Å². The predicted octanol–water partition coefficient (Wildman–Crippen LogP) is 3.18. The smallest absolute Gasteiger partial charge is 0.195 e. The molecular formula is C11H16ClN3S. The second-order valence-corrected chi connectivity index (χ2v) is 5.50. The van der Waals surface area contributed by atoms with Gasteiger partial charge < -0.3 is 5.32 Å². The first-order valence-electron chi connectivity index (χ1n) is 5.49.